The molecule has 2 aromatic rings. The summed E-state index contributed by atoms with van der Waals surface area (Å²) in [6.07, 6.45) is 2.83. The van der Waals surface area contributed by atoms with E-state index < -0.39 is 17.7 Å². The van der Waals surface area contributed by atoms with Gasteiger partial charge in [-0.15, -0.1) is 0 Å². The zero-order valence-corrected chi connectivity index (χ0v) is 10.7. The lowest BCUT2D eigenvalue weighted by Crippen LogP contribution is -2.24. The molecule has 21 heavy (non-hydrogen) atoms. The number of benzene rings is 2. The molecule has 0 aromatic heterocycles. The molecule has 0 radical (unpaired) electrons. The number of carbonyl (C=O) groups excluding carboxylic acids is 1. The van der Waals surface area contributed by atoms with Gasteiger partial charge in [0.05, 0.1) is 5.69 Å². The summed E-state index contributed by atoms with van der Waals surface area (Å²) < 4.78 is 38.9. The van der Waals surface area contributed by atoms with E-state index in [1.807, 2.05) is 0 Å². The van der Waals surface area contributed by atoms with Gasteiger partial charge in [-0.2, -0.15) is 0 Å². The minimum Gasteiger partial charge on any atom is -0.314 e. The number of nitrogens with one attached hydrogen (secondary N) is 2. The third-order valence-corrected chi connectivity index (χ3v) is 2.54. The first-order chi connectivity index (χ1) is 10.0. The van der Waals surface area contributed by atoms with Gasteiger partial charge < -0.3 is 10.6 Å². The molecule has 3 nitrogen and oxygen atoms in total. The molecule has 0 saturated heterocycles. The van der Waals surface area contributed by atoms with Crippen molar-refractivity contribution < 1.29 is 18.0 Å². The van der Waals surface area contributed by atoms with Crippen molar-refractivity contribution in [2.24, 2.45) is 0 Å². The lowest BCUT2D eigenvalue weighted by Gasteiger charge is -2.05. The molecule has 2 amide bonds. The second kappa shape index (κ2) is 6.60. The zero-order chi connectivity index (χ0) is 15.2. The molecule has 2 rings (SSSR count). The molecule has 0 aliphatic heterocycles. The Morgan fingerprint density at radius 3 is 2.33 bits per heavy atom. The van der Waals surface area contributed by atoms with Crippen LogP contribution >= 0.6 is 0 Å². The summed E-state index contributed by atoms with van der Waals surface area (Å²) in [5.41, 5.74) is 0.413. The minimum absolute atomic E-state index is 0.261. The third-order valence-electron chi connectivity index (χ3n) is 2.54. The molecule has 2 aromatic carbocycles. The first kappa shape index (κ1) is 14.6. The standard InChI is InChI=1S/C15H11F3N2O/c16-11-3-1-10(2-4-11)7-8-19-15(21)20-14-9-12(17)5-6-13(14)18/h1-9H,(H2,19,20,21)/b8-7+. The Kier molecular flexibility index (Phi) is 4.61. The summed E-state index contributed by atoms with van der Waals surface area (Å²) in [5, 5.41) is 4.50. The maximum atomic E-state index is 13.3. The lowest BCUT2D eigenvalue weighted by atomic mass is 10.2. The van der Waals surface area contributed by atoms with Crippen molar-refractivity contribution in [3.8, 4) is 0 Å². The number of rotatable bonds is 3. The molecule has 0 aliphatic carbocycles. The number of halogens is 3. The minimum atomic E-state index is -0.742. The van der Waals surface area contributed by atoms with Crippen molar-refractivity contribution in [3.63, 3.8) is 0 Å². The van der Waals surface area contributed by atoms with Gasteiger partial charge in [-0.25, -0.2) is 18.0 Å². The summed E-state index contributed by atoms with van der Waals surface area (Å²) in [6, 6.07) is 7.63. The molecule has 0 spiro atoms. The van der Waals surface area contributed by atoms with Crippen molar-refractivity contribution in [3.05, 3.63) is 71.7 Å². The third kappa shape index (κ3) is 4.38. The fraction of sp³-hybridized carbons (Fsp3) is 0. The van der Waals surface area contributed by atoms with Crippen LogP contribution in [0.3, 0.4) is 0 Å². The van der Waals surface area contributed by atoms with E-state index >= 15 is 0 Å². The smallest absolute Gasteiger partial charge is 0.314 e. The largest absolute Gasteiger partial charge is 0.323 e. The maximum absolute atomic E-state index is 13.3. The summed E-state index contributed by atoms with van der Waals surface area (Å²) in [6.45, 7) is 0. The quantitative estimate of drug-likeness (QED) is 0.885. The molecule has 0 heterocycles. The Morgan fingerprint density at radius 2 is 1.62 bits per heavy atom. The van der Waals surface area contributed by atoms with Crippen molar-refractivity contribution in [2.75, 3.05) is 5.32 Å². The van der Waals surface area contributed by atoms with Crippen molar-refractivity contribution >= 4 is 17.8 Å². The summed E-state index contributed by atoms with van der Waals surface area (Å²) in [4.78, 5) is 11.5. The van der Waals surface area contributed by atoms with Gasteiger partial charge in [0.25, 0.3) is 0 Å². The molecule has 0 aliphatic rings. The Bertz CT molecular complexity index is 669. The Morgan fingerprint density at radius 1 is 0.952 bits per heavy atom. The number of amides is 2. The monoisotopic (exact) mass is 292 g/mol. The van der Waals surface area contributed by atoms with Gasteiger partial charge in [0.1, 0.15) is 17.5 Å². The Labute approximate surface area is 119 Å². The fourth-order valence-corrected chi connectivity index (χ4v) is 1.54. The SMILES string of the molecule is O=C(N/C=C/c1ccc(F)cc1)Nc1cc(F)ccc1F. The van der Waals surface area contributed by atoms with Crippen LogP contribution in [0.25, 0.3) is 6.08 Å². The van der Waals surface area contributed by atoms with E-state index in [0.29, 0.717) is 5.56 Å². The van der Waals surface area contributed by atoms with E-state index in [4.69, 9.17) is 0 Å². The summed E-state index contributed by atoms with van der Waals surface area (Å²) in [7, 11) is 0. The van der Waals surface area contributed by atoms with Crippen LogP contribution in [0.15, 0.2) is 48.7 Å². The number of hydrogen-bond acceptors (Lipinski definition) is 1. The molecular formula is C15H11F3N2O. The van der Waals surface area contributed by atoms with E-state index in [1.54, 1.807) is 0 Å². The second-order valence-corrected chi connectivity index (χ2v) is 4.11. The topological polar surface area (TPSA) is 41.1 Å². The van der Waals surface area contributed by atoms with E-state index in [9.17, 15) is 18.0 Å². The van der Waals surface area contributed by atoms with Crippen LogP contribution in [0.2, 0.25) is 0 Å². The first-order valence-corrected chi connectivity index (χ1v) is 5.99. The molecule has 0 saturated carbocycles. The predicted molar refractivity (Wildman–Crippen MR) is 73.9 cm³/mol. The van der Waals surface area contributed by atoms with Gasteiger partial charge in [-0.1, -0.05) is 12.1 Å². The molecule has 0 fully saturated rings. The first-order valence-electron chi connectivity index (χ1n) is 5.99. The molecule has 0 atom stereocenters. The Balaban J connectivity index is 1.93. The number of carbonyl (C=O) groups is 1. The van der Waals surface area contributed by atoms with Crippen LogP contribution in [0, 0.1) is 17.5 Å². The normalized spacial score (nSPS) is 10.6. The van der Waals surface area contributed by atoms with Crippen LogP contribution in [0.4, 0.5) is 23.7 Å². The highest BCUT2D eigenvalue weighted by Gasteiger charge is 2.06. The lowest BCUT2D eigenvalue weighted by molar-refractivity contribution is 0.255. The average molecular weight is 292 g/mol. The molecule has 108 valence electrons. The molecule has 6 heteroatoms. The zero-order valence-electron chi connectivity index (χ0n) is 10.7. The van der Waals surface area contributed by atoms with Crippen LogP contribution in [0.1, 0.15) is 5.56 Å². The van der Waals surface area contributed by atoms with Crippen LogP contribution in [0.5, 0.6) is 0 Å². The van der Waals surface area contributed by atoms with Gasteiger partial charge in [-0.3, -0.25) is 0 Å². The fourth-order valence-electron chi connectivity index (χ4n) is 1.54. The number of anilines is 1. The van der Waals surface area contributed by atoms with Crippen LogP contribution in [-0.4, -0.2) is 6.03 Å². The maximum Gasteiger partial charge on any atom is 0.323 e. The summed E-state index contributed by atoms with van der Waals surface area (Å²) >= 11 is 0. The number of hydrogen-bond donors (Lipinski definition) is 2. The van der Waals surface area contributed by atoms with E-state index in [-0.39, 0.29) is 11.5 Å². The van der Waals surface area contributed by atoms with E-state index in [2.05, 4.69) is 10.6 Å². The number of urea groups is 1. The van der Waals surface area contributed by atoms with Gasteiger partial charge in [0.2, 0.25) is 0 Å². The van der Waals surface area contributed by atoms with Gasteiger partial charge in [-0.05, 0) is 35.9 Å². The predicted octanol–water partition coefficient (Wildman–Crippen LogP) is 3.90. The van der Waals surface area contributed by atoms with Gasteiger partial charge in [0.15, 0.2) is 0 Å². The molecule has 0 bridgehead atoms. The van der Waals surface area contributed by atoms with Gasteiger partial charge in [0, 0.05) is 12.3 Å². The molecular weight excluding hydrogens is 281 g/mol. The van der Waals surface area contributed by atoms with E-state index in [0.717, 1.165) is 18.2 Å². The average Bonchev–Trinajstić information content (AvgIpc) is 2.45. The van der Waals surface area contributed by atoms with E-state index in [1.165, 1.54) is 36.5 Å². The Hall–Kier alpha value is -2.76. The summed E-state index contributed by atoms with van der Waals surface area (Å²) in [5.74, 6) is -1.76. The highest BCUT2D eigenvalue weighted by atomic mass is 19.1. The van der Waals surface area contributed by atoms with Crippen molar-refractivity contribution in [2.45, 2.75) is 0 Å². The van der Waals surface area contributed by atoms with Crippen LogP contribution < -0.4 is 10.6 Å². The van der Waals surface area contributed by atoms with Crippen molar-refractivity contribution in [1.29, 1.82) is 0 Å². The second-order valence-electron chi connectivity index (χ2n) is 4.11. The van der Waals surface area contributed by atoms with Crippen LogP contribution in [-0.2, 0) is 0 Å². The highest BCUT2D eigenvalue weighted by molar-refractivity contribution is 5.90. The molecule has 2 N–H and O–H groups in total. The van der Waals surface area contributed by atoms with Gasteiger partial charge >= 0.3 is 6.03 Å². The highest BCUT2D eigenvalue weighted by Crippen LogP contribution is 2.14. The van der Waals surface area contributed by atoms with Crippen molar-refractivity contribution in [1.82, 2.24) is 5.32 Å². The molecule has 0 unspecified atom stereocenters.